The van der Waals surface area contributed by atoms with E-state index in [9.17, 15) is 0 Å². The molecule has 0 amide bonds. The summed E-state index contributed by atoms with van der Waals surface area (Å²) in [4.78, 5) is 17.0. The minimum atomic E-state index is -2.07. The number of hydrogen-bond acceptors (Lipinski definition) is 4. The van der Waals surface area contributed by atoms with Gasteiger partial charge in [-0.3, -0.25) is 0 Å². The Labute approximate surface area is 71.0 Å². The van der Waals surface area contributed by atoms with E-state index in [1.807, 2.05) is 0 Å². The highest BCUT2D eigenvalue weighted by Crippen LogP contribution is 2.29. The van der Waals surface area contributed by atoms with Crippen molar-refractivity contribution in [3.8, 4) is 11.5 Å². The maximum atomic E-state index is 9.14. The van der Waals surface area contributed by atoms with E-state index in [2.05, 4.69) is 0 Å². The van der Waals surface area contributed by atoms with E-state index in [4.69, 9.17) is 19.6 Å². The van der Waals surface area contributed by atoms with Gasteiger partial charge in [0.2, 0.25) is 8.38 Å². The lowest BCUT2D eigenvalue weighted by Crippen LogP contribution is -1.94. The predicted molar refractivity (Wildman–Crippen MR) is 45.0 cm³/mol. The molecule has 0 unspecified atom stereocenters. The van der Waals surface area contributed by atoms with E-state index < -0.39 is 8.38 Å². The van der Waals surface area contributed by atoms with Gasteiger partial charge in [0, 0.05) is 0 Å². The van der Waals surface area contributed by atoms with Crippen LogP contribution >= 0.6 is 8.38 Å². The molecule has 0 aliphatic heterocycles. The molecule has 0 fully saturated rings. The molecule has 12 heavy (non-hydrogen) atoms. The summed E-state index contributed by atoms with van der Waals surface area (Å²) in [6, 6.07) is 6.36. The number of hydrogen-bond donors (Lipinski definition) is 3. The van der Waals surface area contributed by atoms with Crippen molar-refractivity contribution < 1.29 is 19.6 Å². The first-order valence-electron chi connectivity index (χ1n) is 3.26. The van der Waals surface area contributed by atoms with Crippen LogP contribution in [-0.2, 0) is 0 Å². The summed E-state index contributed by atoms with van der Waals surface area (Å²) < 4.78 is 4.88. The van der Waals surface area contributed by atoms with E-state index in [1.54, 1.807) is 18.2 Å². The summed E-state index contributed by atoms with van der Waals surface area (Å²) >= 11 is 0. The van der Waals surface area contributed by atoms with Gasteiger partial charge in [-0.05, 0) is 12.1 Å². The normalized spacial score (nSPS) is 10.2. The van der Waals surface area contributed by atoms with Gasteiger partial charge >= 0.3 is 0 Å². The number of phenolic OH excluding ortho intramolecular Hbond substituents is 1. The van der Waals surface area contributed by atoms with Crippen LogP contribution in [0.3, 0.4) is 0 Å². The third kappa shape index (κ3) is 2.66. The smallest absolute Gasteiger partial charge is 0.205 e. The van der Waals surface area contributed by atoms with Crippen LogP contribution in [0.15, 0.2) is 24.3 Å². The van der Waals surface area contributed by atoms with Crippen LogP contribution in [0, 0.1) is 0 Å². The van der Waals surface area contributed by atoms with E-state index in [0.29, 0.717) is 0 Å². The topological polar surface area (TPSA) is 69.9 Å². The molecule has 0 heterocycles. The summed E-state index contributed by atoms with van der Waals surface area (Å²) in [5, 5.41) is 9.14. The minimum Gasteiger partial charge on any atom is -0.504 e. The highest BCUT2D eigenvalue weighted by atomic mass is 31.2. The van der Waals surface area contributed by atoms with Gasteiger partial charge in [0.05, 0.1) is 0 Å². The largest absolute Gasteiger partial charge is 0.504 e. The monoisotopic (exact) mass is 188 g/mol. The Morgan fingerprint density at radius 3 is 2.50 bits per heavy atom. The Morgan fingerprint density at radius 1 is 1.25 bits per heavy atom. The van der Waals surface area contributed by atoms with Crippen molar-refractivity contribution in [2.45, 2.75) is 0 Å². The molecule has 1 rings (SSSR count). The Morgan fingerprint density at radius 2 is 1.92 bits per heavy atom. The standard InChI is InChI=1S/C7H9O4P/c8-6-3-1-2-4-7(6)11-5-12(9)10/h1-4,8-10H,5H2. The van der Waals surface area contributed by atoms with Crippen molar-refractivity contribution in [3.05, 3.63) is 24.3 Å². The van der Waals surface area contributed by atoms with Gasteiger partial charge in [0.1, 0.15) is 0 Å². The Balaban J connectivity index is 2.57. The average molecular weight is 188 g/mol. The number of para-hydroxylation sites is 2. The molecule has 0 aliphatic rings. The van der Waals surface area contributed by atoms with Crippen LogP contribution in [0.4, 0.5) is 0 Å². The lowest BCUT2D eigenvalue weighted by molar-refractivity contribution is 0.328. The Bertz CT molecular complexity index is 251. The summed E-state index contributed by atoms with van der Waals surface area (Å²) in [7, 11) is -2.07. The van der Waals surface area contributed by atoms with Crippen molar-refractivity contribution in [1.29, 1.82) is 0 Å². The quantitative estimate of drug-likeness (QED) is 0.619. The second-order valence-corrected chi connectivity index (χ2v) is 3.12. The molecule has 3 N–H and O–H groups in total. The Hall–Kier alpha value is -0.830. The zero-order valence-electron chi connectivity index (χ0n) is 6.21. The summed E-state index contributed by atoms with van der Waals surface area (Å²) in [6.45, 7) is 0. The highest BCUT2D eigenvalue weighted by molar-refractivity contribution is 7.44. The van der Waals surface area contributed by atoms with Crippen LogP contribution in [0.1, 0.15) is 0 Å². The average Bonchev–Trinajstić information content (AvgIpc) is 2.03. The van der Waals surface area contributed by atoms with Crippen LogP contribution in [0.2, 0.25) is 0 Å². The lowest BCUT2D eigenvalue weighted by atomic mass is 10.3. The fraction of sp³-hybridized carbons (Fsp3) is 0.143. The Kier molecular flexibility index (Phi) is 3.29. The van der Waals surface area contributed by atoms with Gasteiger partial charge in [-0.2, -0.15) is 0 Å². The van der Waals surface area contributed by atoms with Gasteiger partial charge in [0.25, 0.3) is 0 Å². The predicted octanol–water partition coefficient (Wildman–Crippen LogP) is 1.02. The maximum absolute atomic E-state index is 9.14. The zero-order valence-corrected chi connectivity index (χ0v) is 7.11. The molecule has 0 bridgehead atoms. The molecule has 5 heteroatoms. The minimum absolute atomic E-state index is 0.00523. The molecule has 0 aromatic heterocycles. The maximum Gasteiger partial charge on any atom is 0.205 e. The molecule has 0 aliphatic carbocycles. The summed E-state index contributed by atoms with van der Waals surface area (Å²) in [6.07, 6.45) is -0.188. The number of phenols is 1. The molecule has 1 aromatic carbocycles. The van der Waals surface area contributed by atoms with Crippen molar-refractivity contribution in [2.24, 2.45) is 0 Å². The molecule has 0 saturated carbocycles. The number of ether oxygens (including phenoxy) is 1. The molecule has 4 nitrogen and oxygen atoms in total. The van der Waals surface area contributed by atoms with E-state index >= 15 is 0 Å². The first-order chi connectivity index (χ1) is 5.70. The first-order valence-corrected chi connectivity index (χ1v) is 4.69. The van der Waals surface area contributed by atoms with E-state index in [1.165, 1.54) is 6.07 Å². The molecule has 0 spiro atoms. The second-order valence-electron chi connectivity index (χ2n) is 2.11. The third-order valence-corrected chi connectivity index (χ3v) is 1.56. The molecular formula is C7H9O4P. The van der Waals surface area contributed by atoms with E-state index in [-0.39, 0.29) is 17.8 Å². The van der Waals surface area contributed by atoms with Gasteiger partial charge in [-0.25, -0.2) is 0 Å². The van der Waals surface area contributed by atoms with Crippen LogP contribution < -0.4 is 4.74 Å². The van der Waals surface area contributed by atoms with Gasteiger partial charge in [0.15, 0.2) is 17.8 Å². The molecule has 0 saturated heterocycles. The van der Waals surface area contributed by atoms with Crippen molar-refractivity contribution in [1.82, 2.24) is 0 Å². The zero-order chi connectivity index (χ0) is 8.97. The molecule has 0 atom stereocenters. The second kappa shape index (κ2) is 4.26. The molecule has 0 radical (unpaired) electrons. The molecule has 1 aromatic rings. The van der Waals surface area contributed by atoms with Crippen molar-refractivity contribution in [3.63, 3.8) is 0 Å². The van der Waals surface area contributed by atoms with Crippen molar-refractivity contribution in [2.75, 3.05) is 6.35 Å². The fourth-order valence-corrected chi connectivity index (χ4v) is 0.961. The SMILES string of the molecule is Oc1ccccc1OCP(O)O. The van der Waals surface area contributed by atoms with Crippen LogP contribution in [0.5, 0.6) is 11.5 Å². The van der Waals surface area contributed by atoms with Gasteiger partial charge in [-0.15, -0.1) is 0 Å². The van der Waals surface area contributed by atoms with Gasteiger partial charge < -0.3 is 19.6 Å². The van der Waals surface area contributed by atoms with Crippen LogP contribution in [0.25, 0.3) is 0 Å². The lowest BCUT2D eigenvalue weighted by Gasteiger charge is -2.07. The highest BCUT2D eigenvalue weighted by Gasteiger charge is 2.03. The summed E-state index contributed by atoms with van der Waals surface area (Å²) in [5.41, 5.74) is 0. The van der Waals surface area contributed by atoms with Crippen LogP contribution in [-0.4, -0.2) is 21.2 Å². The third-order valence-electron chi connectivity index (χ3n) is 1.20. The molecule has 66 valence electrons. The molecular weight excluding hydrogens is 179 g/mol. The number of rotatable bonds is 3. The summed E-state index contributed by atoms with van der Waals surface area (Å²) in [5.74, 6) is 0.252. The van der Waals surface area contributed by atoms with E-state index in [0.717, 1.165) is 0 Å². The first kappa shape index (κ1) is 9.26. The fourth-order valence-electron chi connectivity index (χ4n) is 0.706. The number of aromatic hydroxyl groups is 1. The van der Waals surface area contributed by atoms with Crippen molar-refractivity contribution >= 4 is 8.38 Å². The number of benzene rings is 1. The van der Waals surface area contributed by atoms with Gasteiger partial charge in [-0.1, -0.05) is 12.1 Å².